The Morgan fingerprint density at radius 3 is 2.52 bits per heavy atom. The Bertz CT molecular complexity index is 827. The fourth-order valence-electron chi connectivity index (χ4n) is 3.61. The van der Waals surface area contributed by atoms with Gasteiger partial charge in [0.25, 0.3) is 11.8 Å². The summed E-state index contributed by atoms with van der Waals surface area (Å²) in [7, 11) is 0. The average molecular weight is 364 g/mol. The zero-order valence-corrected chi connectivity index (χ0v) is 16.4. The molecule has 1 heterocycles. The van der Waals surface area contributed by atoms with E-state index in [0.717, 1.165) is 42.5 Å². The summed E-state index contributed by atoms with van der Waals surface area (Å²) in [5.41, 5.74) is 4.49. The third kappa shape index (κ3) is 4.38. The number of hydrogen-bond acceptors (Lipinski definition) is 2. The van der Waals surface area contributed by atoms with Crippen molar-refractivity contribution in [1.29, 1.82) is 0 Å². The molecule has 27 heavy (non-hydrogen) atoms. The Balaban J connectivity index is 1.81. The molecule has 0 aromatic heterocycles. The van der Waals surface area contributed by atoms with Gasteiger partial charge >= 0.3 is 0 Å². The zero-order valence-electron chi connectivity index (χ0n) is 16.4. The minimum Gasteiger partial charge on any atom is -0.350 e. The molecule has 2 aromatic carbocycles. The Labute approximate surface area is 161 Å². The maximum atomic E-state index is 13.0. The number of fused-ring (bicyclic) bond motifs is 1. The lowest BCUT2D eigenvalue weighted by atomic mass is 9.98. The van der Waals surface area contributed by atoms with Crippen molar-refractivity contribution in [2.45, 2.75) is 52.5 Å². The topological polar surface area (TPSA) is 49.4 Å². The van der Waals surface area contributed by atoms with Crippen LogP contribution in [-0.4, -0.2) is 24.4 Å². The summed E-state index contributed by atoms with van der Waals surface area (Å²) in [5.74, 6) is -0.0227. The number of nitrogens with zero attached hydrogens (tertiary/aromatic N) is 1. The molecule has 1 atom stereocenters. The highest BCUT2D eigenvalue weighted by atomic mass is 16.2. The second-order valence-corrected chi connectivity index (χ2v) is 7.43. The van der Waals surface area contributed by atoms with Gasteiger partial charge in [-0.2, -0.15) is 0 Å². The fraction of sp³-hybridized carbons (Fsp3) is 0.391. The highest BCUT2D eigenvalue weighted by molar-refractivity contribution is 6.07. The molecular weight excluding hydrogens is 336 g/mol. The monoisotopic (exact) mass is 364 g/mol. The van der Waals surface area contributed by atoms with Crippen molar-refractivity contribution in [2.24, 2.45) is 0 Å². The number of rotatable bonds is 5. The van der Waals surface area contributed by atoms with E-state index in [-0.39, 0.29) is 17.9 Å². The van der Waals surface area contributed by atoms with Gasteiger partial charge in [0.15, 0.2) is 0 Å². The number of benzene rings is 2. The smallest absolute Gasteiger partial charge is 0.258 e. The number of anilines is 1. The van der Waals surface area contributed by atoms with E-state index in [2.05, 4.69) is 12.2 Å². The first kappa shape index (κ1) is 19.2. The van der Waals surface area contributed by atoms with E-state index < -0.39 is 0 Å². The lowest BCUT2D eigenvalue weighted by Crippen LogP contribution is -2.36. The van der Waals surface area contributed by atoms with Gasteiger partial charge in [-0.05, 0) is 69.0 Å². The van der Waals surface area contributed by atoms with Crippen LogP contribution in [0.3, 0.4) is 0 Å². The summed E-state index contributed by atoms with van der Waals surface area (Å²) in [4.78, 5) is 27.3. The SMILES string of the molecule is CCC[C@H](C)NC(=O)c1ccc2c(c1)CCCN2C(=O)c1ccc(C)cc1. The third-order valence-corrected chi connectivity index (χ3v) is 5.10. The van der Waals surface area contributed by atoms with Crippen LogP contribution in [0, 0.1) is 6.92 Å². The molecule has 0 saturated carbocycles. The lowest BCUT2D eigenvalue weighted by Gasteiger charge is -2.30. The molecule has 3 rings (SSSR count). The van der Waals surface area contributed by atoms with E-state index in [4.69, 9.17) is 0 Å². The van der Waals surface area contributed by atoms with Gasteiger partial charge in [-0.25, -0.2) is 0 Å². The minimum absolute atomic E-state index is 0.0183. The molecule has 0 saturated heterocycles. The predicted octanol–water partition coefficient (Wildman–Crippen LogP) is 4.51. The summed E-state index contributed by atoms with van der Waals surface area (Å²) >= 11 is 0. The standard InChI is InChI=1S/C23H28N2O2/c1-4-6-17(3)24-22(26)20-12-13-21-19(15-20)7-5-14-25(21)23(27)18-10-8-16(2)9-11-18/h8-13,15,17H,4-7,14H2,1-3H3,(H,24,26)/t17-/m0/s1. The molecule has 0 unspecified atom stereocenters. The molecule has 4 heteroatoms. The third-order valence-electron chi connectivity index (χ3n) is 5.10. The van der Waals surface area contributed by atoms with Crippen molar-refractivity contribution < 1.29 is 9.59 Å². The van der Waals surface area contributed by atoms with Crippen molar-refractivity contribution in [2.75, 3.05) is 11.4 Å². The van der Waals surface area contributed by atoms with E-state index in [1.54, 1.807) is 0 Å². The molecule has 0 radical (unpaired) electrons. The van der Waals surface area contributed by atoms with Crippen LogP contribution >= 0.6 is 0 Å². The second kappa shape index (κ2) is 8.38. The molecular formula is C23H28N2O2. The number of carbonyl (C=O) groups excluding carboxylic acids is 2. The molecule has 0 spiro atoms. The van der Waals surface area contributed by atoms with Gasteiger partial charge in [-0.15, -0.1) is 0 Å². The van der Waals surface area contributed by atoms with Gasteiger partial charge in [-0.3, -0.25) is 9.59 Å². The normalized spacial score (nSPS) is 14.4. The summed E-state index contributed by atoms with van der Waals surface area (Å²) in [6.45, 7) is 6.86. The predicted molar refractivity (Wildman–Crippen MR) is 109 cm³/mol. The Hall–Kier alpha value is -2.62. The van der Waals surface area contributed by atoms with Crippen LogP contribution in [-0.2, 0) is 6.42 Å². The largest absolute Gasteiger partial charge is 0.350 e. The van der Waals surface area contributed by atoms with Crippen LogP contribution in [0.5, 0.6) is 0 Å². The fourth-order valence-corrected chi connectivity index (χ4v) is 3.61. The molecule has 0 bridgehead atoms. The number of nitrogens with one attached hydrogen (secondary N) is 1. The molecule has 142 valence electrons. The van der Waals surface area contributed by atoms with Gasteiger partial charge in [0, 0.05) is 29.4 Å². The van der Waals surface area contributed by atoms with Gasteiger partial charge in [0.05, 0.1) is 0 Å². The number of aryl methyl sites for hydroxylation is 2. The first-order valence-corrected chi connectivity index (χ1v) is 9.82. The Morgan fingerprint density at radius 1 is 1.11 bits per heavy atom. The van der Waals surface area contributed by atoms with Gasteiger partial charge in [0.2, 0.25) is 0 Å². The molecule has 0 aliphatic carbocycles. The molecule has 4 nitrogen and oxygen atoms in total. The summed E-state index contributed by atoms with van der Waals surface area (Å²) in [6, 6.07) is 13.5. The summed E-state index contributed by atoms with van der Waals surface area (Å²) < 4.78 is 0. The van der Waals surface area contributed by atoms with E-state index in [0.29, 0.717) is 17.7 Å². The van der Waals surface area contributed by atoms with Crippen LogP contribution in [0.4, 0.5) is 5.69 Å². The van der Waals surface area contributed by atoms with Crippen LogP contribution in [0.1, 0.15) is 65.0 Å². The molecule has 1 aliphatic rings. The van der Waals surface area contributed by atoms with Crippen molar-refractivity contribution in [3.63, 3.8) is 0 Å². The lowest BCUT2D eigenvalue weighted by molar-refractivity contribution is 0.0937. The summed E-state index contributed by atoms with van der Waals surface area (Å²) in [6.07, 6.45) is 3.80. The van der Waals surface area contributed by atoms with Crippen molar-refractivity contribution in [3.8, 4) is 0 Å². The first-order valence-electron chi connectivity index (χ1n) is 9.82. The molecule has 1 aliphatic heterocycles. The van der Waals surface area contributed by atoms with E-state index in [1.807, 2.05) is 61.2 Å². The number of amides is 2. The Morgan fingerprint density at radius 2 is 1.81 bits per heavy atom. The minimum atomic E-state index is -0.0410. The highest BCUT2D eigenvalue weighted by Crippen LogP contribution is 2.29. The quantitative estimate of drug-likeness (QED) is 0.849. The highest BCUT2D eigenvalue weighted by Gasteiger charge is 2.24. The van der Waals surface area contributed by atoms with Crippen LogP contribution in [0.2, 0.25) is 0 Å². The van der Waals surface area contributed by atoms with E-state index in [9.17, 15) is 9.59 Å². The van der Waals surface area contributed by atoms with Gasteiger partial charge in [0.1, 0.15) is 0 Å². The average Bonchev–Trinajstić information content (AvgIpc) is 2.67. The molecule has 2 aromatic rings. The van der Waals surface area contributed by atoms with Gasteiger partial charge in [-0.1, -0.05) is 31.0 Å². The van der Waals surface area contributed by atoms with Crippen molar-refractivity contribution in [3.05, 3.63) is 64.7 Å². The first-order chi connectivity index (χ1) is 13.0. The zero-order chi connectivity index (χ0) is 19.4. The second-order valence-electron chi connectivity index (χ2n) is 7.43. The van der Waals surface area contributed by atoms with Crippen LogP contribution in [0.25, 0.3) is 0 Å². The van der Waals surface area contributed by atoms with E-state index >= 15 is 0 Å². The molecule has 2 amide bonds. The van der Waals surface area contributed by atoms with Crippen molar-refractivity contribution >= 4 is 17.5 Å². The number of carbonyl (C=O) groups is 2. The van der Waals surface area contributed by atoms with E-state index in [1.165, 1.54) is 0 Å². The molecule has 0 fully saturated rings. The maximum absolute atomic E-state index is 13.0. The Kier molecular flexibility index (Phi) is 5.94. The van der Waals surface area contributed by atoms with Crippen molar-refractivity contribution in [1.82, 2.24) is 5.32 Å². The van der Waals surface area contributed by atoms with Crippen LogP contribution < -0.4 is 10.2 Å². The summed E-state index contributed by atoms with van der Waals surface area (Å²) in [5, 5.41) is 3.05. The maximum Gasteiger partial charge on any atom is 0.258 e. The molecule has 1 N–H and O–H groups in total. The van der Waals surface area contributed by atoms with Crippen LogP contribution in [0.15, 0.2) is 42.5 Å². The van der Waals surface area contributed by atoms with Gasteiger partial charge < -0.3 is 10.2 Å². The number of hydrogen-bond donors (Lipinski definition) is 1.